The second-order valence-corrected chi connectivity index (χ2v) is 10.1. The van der Waals surface area contributed by atoms with Crippen molar-refractivity contribution in [3.05, 3.63) is 101 Å². The Labute approximate surface area is 197 Å². The SMILES string of the molecule is Cc1c(C(=O)Nc2ccc(S(C)(=O)=O)cc2)cn(Cc2ccccn2)c1-c1ccccc1Cl. The van der Waals surface area contributed by atoms with Crippen LogP contribution in [0.3, 0.4) is 0 Å². The highest BCUT2D eigenvalue weighted by Gasteiger charge is 2.21. The van der Waals surface area contributed by atoms with Crippen LogP contribution in [0.2, 0.25) is 5.02 Å². The Hall–Kier alpha value is -3.42. The fourth-order valence-electron chi connectivity index (χ4n) is 3.67. The van der Waals surface area contributed by atoms with E-state index in [1.165, 1.54) is 12.1 Å². The summed E-state index contributed by atoms with van der Waals surface area (Å²) in [7, 11) is -3.31. The van der Waals surface area contributed by atoms with Gasteiger partial charge in [-0.3, -0.25) is 9.78 Å². The molecule has 4 aromatic rings. The zero-order valence-electron chi connectivity index (χ0n) is 18.1. The number of amides is 1. The van der Waals surface area contributed by atoms with Gasteiger partial charge in [0.25, 0.3) is 5.91 Å². The molecular formula is C25H22ClN3O3S. The molecule has 0 unspecified atom stereocenters. The highest BCUT2D eigenvalue weighted by Crippen LogP contribution is 2.34. The van der Waals surface area contributed by atoms with Crippen LogP contribution in [-0.2, 0) is 16.4 Å². The summed E-state index contributed by atoms with van der Waals surface area (Å²) in [6.45, 7) is 2.35. The fraction of sp³-hybridized carbons (Fsp3) is 0.120. The number of anilines is 1. The van der Waals surface area contributed by atoms with Gasteiger partial charge in [0, 0.05) is 34.9 Å². The van der Waals surface area contributed by atoms with Crippen molar-refractivity contribution in [3.63, 3.8) is 0 Å². The van der Waals surface area contributed by atoms with Crippen molar-refractivity contribution in [2.45, 2.75) is 18.4 Å². The van der Waals surface area contributed by atoms with Gasteiger partial charge in [-0.1, -0.05) is 35.9 Å². The summed E-state index contributed by atoms with van der Waals surface area (Å²) in [5.74, 6) is -0.298. The first-order chi connectivity index (χ1) is 15.7. The number of aromatic nitrogens is 2. The lowest BCUT2D eigenvalue weighted by Gasteiger charge is -2.11. The van der Waals surface area contributed by atoms with Crippen molar-refractivity contribution >= 4 is 33.0 Å². The third kappa shape index (κ3) is 4.99. The summed E-state index contributed by atoms with van der Waals surface area (Å²) in [5.41, 5.74) is 4.29. The van der Waals surface area contributed by atoms with Gasteiger partial charge in [-0.05, 0) is 55.0 Å². The van der Waals surface area contributed by atoms with Crippen molar-refractivity contribution in [3.8, 4) is 11.3 Å². The number of benzene rings is 2. The van der Waals surface area contributed by atoms with Crippen LogP contribution in [0.15, 0.2) is 84.0 Å². The molecule has 2 aromatic carbocycles. The van der Waals surface area contributed by atoms with Crippen LogP contribution in [0, 0.1) is 6.92 Å². The lowest BCUT2D eigenvalue weighted by atomic mass is 10.1. The van der Waals surface area contributed by atoms with E-state index in [4.69, 9.17) is 11.6 Å². The number of nitrogens with one attached hydrogen (secondary N) is 1. The number of carbonyl (C=O) groups excluding carboxylic acids is 1. The molecule has 6 nitrogen and oxygen atoms in total. The topological polar surface area (TPSA) is 81.1 Å². The molecule has 0 saturated heterocycles. The first-order valence-electron chi connectivity index (χ1n) is 10.2. The molecule has 0 atom stereocenters. The number of hydrogen-bond acceptors (Lipinski definition) is 4. The highest BCUT2D eigenvalue weighted by molar-refractivity contribution is 7.90. The van der Waals surface area contributed by atoms with E-state index < -0.39 is 9.84 Å². The molecule has 1 amide bonds. The summed E-state index contributed by atoms with van der Waals surface area (Å²) >= 11 is 6.50. The average molecular weight is 480 g/mol. The van der Waals surface area contributed by atoms with Gasteiger partial charge in [0.1, 0.15) is 0 Å². The first kappa shape index (κ1) is 22.8. The van der Waals surface area contributed by atoms with Crippen molar-refractivity contribution < 1.29 is 13.2 Å². The molecule has 2 heterocycles. The van der Waals surface area contributed by atoms with Crippen molar-refractivity contribution in [1.29, 1.82) is 0 Å². The molecule has 4 rings (SSSR count). The molecule has 2 aromatic heterocycles. The van der Waals surface area contributed by atoms with Crippen LogP contribution in [0.1, 0.15) is 21.6 Å². The summed E-state index contributed by atoms with van der Waals surface area (Å²) in [6, 6.07) is 19.3. The summed E-state index contributed by atoms with van der Waals surface area (Å²) < 4.78 is 25.3. The maximum Gasteiger partial charge on any atom is 0.257 e. The zero-order chi connectivity index (χ0) is 23.6. The molecule has 0 fully saturated rings. The third-order valence-electron chi connectivity index (χ3n) is 5.30. The molecule has 0 aliphatic carbocycles. The quantitative estimate of drug-likeness (QED) is 0.411. The van der Waals surface area contributed by atoms with Crippen LogP contribution in [0.5, 0.6) is 0 Å². The monoisotopic (exact) mass is 479 g/mol. The summed E-state index contributed by atoms with van der Waals surface area (Å²) in [4.78, 5) is 17.8. The second kappa shape index (κ2) is 9.21. The minimum absolute atomic E-state index is 0.194. The summed E-state index contributed by atoms with van der Waals surface area (Å²) in [6.07, 6.45) is 4.67. The maximum atomic E-state index is 13.2. The van der Waals surface area contributed by atoms with E-state index in [-0.39, 0.29) is 10.8 Å². The third-order valence-corrected chi connectivity index (χ3v) is 6.76. The van der Waals surface area contributed by atoms with E-state index in [1.807, 2.05) is 54.0 Å². The molecule has 0 spiro atoms. The van der Waals surface area contributed by atoms with Crippen molar-refractivity contribution in [1.82, 2.24) is 9.55 Å². The van der Waals surface area contributed by atoms with E-state index in [2.05, 4.69) is 10.3 Å². The van der Waals surface area contributed by atoms with Gasteiger partial charge in [0.2, 0.25) is 0 Å². The number of sulfone groups is 1. The number of nitrogens with zero attached hydrogens (tertiary/aromatic N) is 2. The Morgan fingerprint density at radius 1 is 1.03 bits per heavy atom. The van der Waals surface area contributed by atoms with Gasteiger partial charge in [0.15, 0.2) is 9.84 Å². The lowest BCUT2D eigenvalue weighted by Crippen LogP contribution is -2.12. The minimum Gasteiger partial charge on any atom is -0.340 e. The number of hydrogen-bond donors (Lipinski definition) is 1. The molecule has 0 aliphatic heterocycles. The van der Waals surface area contributed by atoms with Gasteiger partial charge in [-0.15, -0.1) is 0 Å². The van der Waals surface area contributed by atoms with Crippen molar-refractivity contribution in [2.24, 2.45) is 0 Å². The Bertz CT molecular complexity index is 1410. The number of halogens is 1. The molecule has 0 radical (unpaired) electrons. The van der Waals surface area contributed by atoms with E-state index in [1.54, 1.807) is 24.5 Å². The second-order valence-electron chi connectivity index (χ2n) is 7.70. The van der Waals surface area contributed by atoms with Gasteiger partial charge in [-0.2, -0.15) is 0 Å². The predicted molar refractivity (Wildman–Crippen MR) is 130 cm³/mol. The number of carbonyl (C=O) groups is 1. The fourth-order valence-corrected chi connectivity index (χ4v) is 4.53. The van der Waals surface area contributed by atoms with Crippen LogP contribution in [0.4, 0.5) is 5.69 Å². The van der Waals surface area contributed by atoms with Crippen LogP contribution in [-0.4, -0.2) is 30.1 Å². The normalized spacial score (nSPS) is 11.4. The Balaban J connectivity index is 1.72. The molecule has 8 heteroatoms. The maximum absolute atomic E-state index is 13.2. The van der Waals surface area contributed by atoms with Crippen LogP contribution >= 0.6 is 11.6 Å². The first-order valence-corrected chi connectivity index (χ1v) is 12.5. The predicted octanol–water partition coefficient (Wildman–Crippen LogP) is 5.22. The molecule has 33 heavy (non-hydrogen) atoms. The average Bonchev–Trinajstić information content (AvgIpc) is 3.10. The number of pyridine rings is 1. The smallest absolute Gasteiger partial charge is 0.257 e. The van der Waals surface area contributed by atoms with E-state index in [0.717, 1.165) is 28.8 Å². The van der Waals surface area contributed by atoms with Crippen LogP contribution in [0.25, 0.3) is 11.3 Å². The Morgan fingerprint density at radius 3 is 2.36 bits per heavy atom. The molecule has 1 N–H and O–H groups in total. The Morgan fingerprint density at radius 2 is 1.73 bits per heavy atom. The highest BCUT2D eigenvalue weighted by atomic mass is 35.5. The standard InChI is InChI=1S/C25H22ClN3O3S/c1-17-22(25(30)28-18-10-12-20(13-11-18)33(2,31)32)16-29(15-19-7-5-6-14-27-19)24(17)21-8-3-4-9-23(21)26/h3-14,16H,15H2,1-2H3,(H,28,30). The zero-order valence-corrected chi connectivity index (χ0v) is 19.7. The van der Waals surface area contributed by atoms with Gasteiger partial charge < -0.3 is 9.88 Å². The minimum atomic E-state index is -3.31. The van der Waals surface area contributed by atoms with Gasteiger partial charge >= 0.3 is 0 Å². The molecule has 0 bridgehead atoms. The largest absolute Gasteiger partial charge is 0.340 e. The Kier molecular flexibility index (Phi) is 6.35. The molecular weight excluding hydrogens is 458 g/mol. The van der Waals surface area contributed by atoms with E-state index in [9.17, 15) is 13.2 Å². The molecule has 168 valence electrons. The van der Waals surface area contributed by atoms with Gasteiger partial charge in [-0.25, -0.2) is 8.42 Å². The van der Waals surface area contributed by atoms with Crippen molar-refractivity contribution in [2.75, 3.05) is 11.6 Å². The summed E-state index contributed by atoms with van der Waals surface area (Å²) in [5, 5.41) is 3.44. The van der Waals surface area contributed by atoms with E-state index in [0.29, 0.717) is 22.8 Å². The lowest BCUT2D eigenvalue weighted by molar-refractivity contribution is 0.102. The van der Waals surface area contributed by atoms with Crippen LogP contribution < -0.4 is 5.32 Å². The van der Waals surface area contributed by atoms with E-state index >= 15 is 0 Å². The molecule has 0 aliphatic rings. The number of rotatable bonds is 6. The van der Waals surface area contributed by atoms with Gasteiger partial charge in [0.05, 0.1) is 28.4 Å². The molecule has 0 saturated carbocycles.